The van der Waals surface area contributed by atoms with Gasteiger partial charge in [-0.05, 0) is 62.5 Å². The lowest BCUT2D eigenvalue weighted by Crippen LogP contribution is -2.33. The van der Waals surface area contributed by atoms with Gasteiger partial charge in [-0.1, -0.05) is 6.07 Å². The van der Waals surface area contributed by atoms with Gasteiger partial charge in [0.1, 0.15) is 23.4 Å². The Hall–Kier alpha value is -3.90. The molecule has 0 saturated heterocycles. The van der Waals surface area contributed by atoms with Crippen molar-refractivity contribution in [2.24, 2.45) is 0 Å². The quantitative estimate of drug-likeness (QED) is 0.389. The van der Waals surface area contributed by atoms with Crippen molar-refractivity contribution < 1.29 is 13.2 Å². The maximum absolute atomic E-state index is 12.8. The average Bonchev–Trinajstić information content (AvgIpc) is 3.33. The summed E-state index contributed by atoms with van der Waals surface area (Å²) in [6, 6.07) is 13.1. The zero-order valence-electron chi connectivity index (χ0n) is 19.1. The molecule has 4 aromatic rings. The van der Waals surface area contributed by atoms with Crippen molar-refractivity contribution >= 4 is 38.8 Å². The van der Waals surface area contributed by atoms with Crippen LogP contribution in [0.4, 0.5) is 11.5 Å². The number of sulfonamides is 1. The second kappa shape index (κ2) is 9.76. The average molecular weight is 511 g/mol. The van der Waals surface area contributed by atoms with E-state index in [1.165, 1.54) is 47.7 Å². The lowest BCUT2D eigenvalue weighted by molar-refractivity contribution is -0.119. The van der Waals surface area contributed by atoms with Crippen LogP contribution in [-0.2, 0) is 14.8 Å². The van der Waals surface area contributed by atoms with E-state index in [9.17, 15) is 18.0 Å². The van der Waals surface area contributed by atoms with Gasteiger partial charge in [-0.15, -0.1) is 11.3 Å². The zero-order chi connectivity index (χ0) is 25.2. The van der Waals surface area contributed by atoms with Crippen LogP contribution in [0.25, 0.3) is 10.6 Å². The third-order valence-corrected chi connectivity index (χ3v) is 7.25. The number of carbonyl (C=O) groups is 1. The molecule has 0 radical (unpaired) electrons. The number of aromatic nitrogens is 4. The van der Waals surface area contributed by atoms with Crippen LogP contribution in [-0.4, -0.2) is 34.1 Å². The highest BCUT2D eigenvalue weighted by Gasteiger charge is 2.20. The van der Waals surface area contributed by atoms with Gasteiger partial charge in [-0.25, -0.2) is 23.1 Å². The normalized spacial score (nSPS) is 12.2. The molecule has 180 valence electrons. The predicted octanol–water partition coefficient (Wildman–Crippen LogP) is 3.38. The minimum Gasteiger partial charge on any atom is -0.324 e. The van der Waals surface area contributed by atoms with Gasteiger partial charge in [-0.2, -0.15) is 5.10 Å². The first-order chi connectivity index (χ1) is 16.6. The summed E-state index contributed by atoms with van der Waals surface area (Å²) < 4.78 is 29.0. The summed E-state index contributed by atoms with van der Waals surface area (Å²) in [6.45, 7) is 4.98. The van der Waals surface area contributed by atoms with Crippen molar-refractivity contribution in [1.82, 2.24) is 19.7 Å². The van der Waals surface area contributed by atoms with Gasteiger partial charge in [0, 0.05) is 23.5 Å². The van der Waals surface area contributed by atoms with Crippen LogP contribution in [0.2, 0.25) is 0 Å². The first-order valence-corrected chi connectivity index (χ1v) is 12.9. The van der Waals surface area contributed by atoms with Gasteiger partial charge < -0.3 is 5.32 Å². The van der Waals surface area contributed by atoms with Crippen molar-refractivity contribution in [2.75, 3.05) is 10.0 Å². The van der Waals surface area contributed by atoms with Crippen molar-refractivity contribution in [1.29, 1.82) is 0 Å². The second-order valence-corrected chi connectivity index (χ2v) is 10.3. The van der Waals surface area contributed by atoms with Gasteiger partial charge in [0.25, 0.3) is 15.6 Å². The molecular formula is C23H22N6O4S2. The molecule has 0 aliphatic carbocycles. The minimum atomic E-state index is -3.89. The van der Waals surface area contributed by atoms with Gasteiger partial charge in [0.15, 0.2) is 0 Å². The lowest BCUT2D eigenvalue weighted by atomic mass is 10.2. The Balaban J connectivity index is 1.48. The summed E-state index contributed by atoms with van der Waals surface area (Å²) in [7, 11) is -3.89. The number of thiophene rings is 1. The molecule has 1 amide bonds. The summed E-state index contributed by atoms with van der Waals surface area (Å²) in [6.07, 6.45) is 0. The summed E-state index contributed by atoms with van der Waals surface area (Å²) >= 11 is 1.48. The van der Waals surface area contributed by atoms with Crippen LogP contribution in [0.1, 0.15) is 24.5 Å². The number of nitrogens with one attached hydrogen (secondary N) is 2. The van der Waals surface area contributed by atoms with Crippen LogP contribution in [0.3, 0.4) is 0 Å². The molecule has 0 saturated carbocycles. The number of benzene rings is 1. The SMILES string of the molecule is Cc1cc(NS(=O)(=O)c2ccc(NC(=O)C(C)n3nc(-c4cccs4)ccc3=O)cc2)nc(C)n1. The van der Waals surface area contributed by atoms with Crippen LogP contribution in [0.5, 0.6) is 0 Å². The fraction of sp³-hybridized carbons (Fsp3) is 0.174. The number of aryl methyl sites for hydroxylation is 2. The van der Waals surface area contributed by atoms with E-state index in [-0.39, 0.29) is 10.7 Å². The molecule has 3 heterocycles. The Morgan fingerprint density at radius 1 is 1.06 bits per heavy atom. The number of nitrogens with zero attached hydrogens (tertiary/aromatic N) is 4. The zero-order valence-corrected chi connectivity index (χ0v) is 20.7. The van der Waals surface area contributed by atoms with Crippen LogP contribution in [0, 0.1) is 13.8 Å². The topological polar surface area (TPSA) is 136 Å². The predicted molar refractivity (Wildman–Crippen MR) is 134 cm³/mol. The largest absolute Gasteiger partial charge is 0.324 e. The van der Waals surface area contributed by atoms with Gasteiger partial charge in [-0.3, -0.25) is 14.3 Å². The number of anilines is 2. The van der Waals surface area contributed by atoms with E-state index in [4.69, 9.17) is 0 Å². The molecule has 0 fully saturated rings. The molecular weight excluding hydrogens is 488 g/mol. The van der Waals surface area contributed by atoms with E-state index in [0.717, 1.165) is 9.56 Å². The Kier molecular flexibility index (Phi) is 6.76. The third-order valence-electron chi connectivity index (χ3n) is 4.98. The van der Waals surface area contributed by atoms with E-state index in [0.29, 0.717) is 22.9 Å². The van der Waals surface area contributed by atoms with Crippen LogP contribution in [0.15, 0.2) is 69.7 Å². The monoisotopic (exact) mass is 510 g/mol. The van der Waals surface area contributed by atoms with E-state index in [1.54, 1.807) is 26.8 Å². The van der Waals surface area contributed by atoms with Gasteiger partial charge >= 0.3 is 0 Å². The fourth-order valence-corrected chi connectivity index (χ4v) is 4.98. The highest BCUT2D eigenvalue weighted by molar-refractivity contribution is 7.92. The highest BCUT2D eigenvalue weighted by atomic mass is 32.2. The molecule has 0 aliphatic rings. The number of hydrogen-bond donors (Lipinski definition) is 2. The molecule has 1 aromatic carbocycles. The third kappa shape index (κ3) is 5.61. The smallest absolute Gasteiger partial charge is 0.267 e. The molecule has 0 bridgehead atoms. The van der Waals surface area contributed by atoms with Crippen molar-refractivity contribution in [3.8, 4) is 10.6 Å². The molecule has 4 rings (SSSR count). The van der Waals surface area contributed by atoms with Crippen LogP contribution >= 0.6 is 11.3 Å². The molecule has 35 heavy (non-hydrogen) atoms. The first-order valence-electron chi connectivity index (χ1n) is 10.5. The summed E-state index contributed by atoms with van der Waals surface area (Å²) in [5.74, 6) is 0.150. The molecule has 12 heteroatoms. The summed E-state index contributed by atoms with van der Waals surface area (Å²) in [4.78, 5) is 34.2. The molecule has 2 N–H and O–H groups in total. The first kappa shape index (κ1) is 24.2. The maximum Gasteiger partial charge on any atom is 0.267 e. The molecule has 1 atom stereocenters. The van der Waals surface area contributed by atoms with E-state index >= 15 is 0 Å². The second-order valence-electron chi connectivity index (χ2n) is 7.72. The molecule has 0 spiro atoms. The lowest BCUT2D eigenvalue weighted by Gasteiger charge is -2.15. The number of hydrogen-bond acceptors (Lipinski definition) is 8. The summed E-state index contributed by atoms with van der Waals surface area (Å²) in [5.41, 5.74) is 1.19. The molecule has 3 aromatic heterocycles. The van der Waals surface area contributed by atoms with E-state index in [1.807, 2.05) is 17.5 Å². The number of rotatable bonds is 7. The van der Waals surface area contributed by atoms with E-state index < -0.39 is 27.5 Å². The van der Waals surface area contributed by atoms with Crippen molar-refractivity contribution in [2.45, 2.75) is 31.7 Å². The van der Waals surface area contributed by atoms with Gasteiger partial charge in [0.05, 0.1) is 9.77 Å². The Morgan fingerprint density at radius 2 is 1.80 bits per heavy atom. The van der Waals surface area contributed by atoms with Crippen molar-refractivity contribution in [3.05, 3.63) is 81.8 Å². The van der Waals surface area contributed by atoms with E-state index in [2.05, 4.69) is 25.1 Å². The summed E-state index contributed by atoms with van der Waals surface area (Å²) in [5, 5.41) is 8.93. The highest BCUT2D eigenvalue weighted by Crippen LogP contribution is 2.22. The molecule has 1 unspecified atom stereocenters. The van der Waals surface area contributed by atoms with Crippen LogP contribution < -0.4 is 15.6 Å². The number of amides is 1. The van der Waals surface area contributed by atoms with Gasteiger partial charge in [0.2, 0.25) is 5.91 Å². The van der Waals surface area contributed by atoms with Crippen molar-refractivity contribution in [3.63, 3.8) is 0 Å². The Bertz CT molecular complexity index is 1510. The molecule has 10 nitrogen and oxygen atoms in total. The Morgan fingerprint density at radius 3 is 2.46 bits per heavy atom. The minimum absolute atomic E-state index is 0.000925. The Labute approximate surface area is 205 Å². The molecule has 0 aliphatic heterocycles. The maximum atomic E-state index is 12.8. The fourth-order valence-electron chi connectivity index (χ4n) is 3.30. The number of carbonyl (C=O) groups excluding carboxylic acids is 1. The standard InChI is InChI=1S/C23H22N6O4S2/c1-14-13-21(25-16(3)24-14)28-35(32,33)18-8-6-17(7-9-18)26-23(31)15(2)29-22(30)11-10-19(27-29)20-5-4-12-34-20/h4-13,15H,1-3H3,(H,26,31)(H,24,25,28).